The molecule has 1 aromatic carbocycles. The van der Waals surface area contributed by atoms with Crippen molar-refractivity contribution in [2.75, 3.05) is 13.2 Å². The summed E-state index contributed by atoms with van der Waals surface area (Å²) in [4.78, 5) is 11.3. The third-order valence-electron chi connectivity index (χ3n) is 2.57. The van der Waals surface area contributed by atoms with Crippen LogP contribution < -0.4 is 9.47 Å². The Kier molecular flexibility index (Phi) is 5.59. The first-order valence-electron chi connectivity index (χ1n) is 6.25. The van der Waals surface area contributed by atoms with Gasteiger partial charge in [0.25, 0.3) is 5.78 Å². The van der Waals surface area contributed by atoms with Gasteiger partial charge in [-0.1, -0.05) is 6.07 Å². The maximum Gasteiger partial charge on any atom is 0.451 e. The lowest BCUT2D eigenvalue weighted by Gasteiger charge is -2.15. The van der Waals surface area contributed by atoms with Gasteiger partial charge < -0.3 is 9.47 Å². The molecule has 0 spiro atoms. The van der Waals surface area contributed by atoms with Gasteiger partial charge in [0.15, 0.2) is 11.5 Å². The van der Waals surface area contributed by atoms with Crippen molar-refractivity contribution < 1.29 is 27.4 Å². The largest absolute Gasteiger partial charge is 0.490 e. The Bertz CT molecular complexity index is 549. The van der Waals surface area contributed by atoms with Crippen LogP contribution in [-0.4, -0.2) is 25.2 Å². The van der Waals surface area contributed by atoms with Gasteiger partial charge in [-0.2, -0.15) is 18.4 Å². The first kappa shape index (κ1) is 16.8. The lowest BCUT2D eigenvalue weighted by atomic mass is 9.95. The molecule has 0 fully saturated rings. The quantitative estimate of drug-likeness (QED) is 0.809. The second kappa shape index (κ2) is 6.97. The van der Waals surface area contributed by atoms with Crippen molar-refractivity contribution in [1.29, 1.82) is 5.26 Å². The molecule has 1 aromatic rings. The number of benzene rings is 1. The van der Waals surface area contributed by atoms with Crippen molar-refractivity contribution in [1.82, 2.24) is 0 Å². The molecule has 0 saturated carbocycles. The highest BCUT2D eigenvalue weighted by atomic mass is 19.4. The molecule has 0 amide bonds. The number of ether oxygens (including phenoxy) is 2. The summed E-state index contributed by atoms with van der Waals surface area (Å²) in [5, 5.41) is 8.86. The van der Waals surface area contributed by atoms with Gasteiger partial charge in [-0.15, -0.1) is 0 Å². The van der Waals surface area contributed by atoms with Crippen LogP contribution in [0.2, 0.25) is 0 Å². The Balaban J connectivity index is 3.20. The van der Waals surface area contributed by atoms with E-state index in [0.717, 1.165) is 0 Å². The molecule has 0 aliphatic carbocycles. The van der Waals surface area contributed by atoms with Crippen LogP contribution in [0.1, 0.15) is 25.3 Å². The second-order valence-electron chi connectivity index (χ2n) is 4.00. The number of hydrogen-bond donors (Lipinski definition) is 0. The van der Waals surface area contributed by atoms with E-state index in [2.05, 4.69) is 0 Å². The van der Waals surface area contributed by atoms with E-state index in [1.807, 2.05) is 0 Å². The first-order chi connectivity index (χ1) is 9.85. The summed E-state index contributed by atoms with van der Waals surface area (Å²) in [5.41, 5.74) is -0.0771. The molecule has 0 saturated heterocycles. The number of halogens is 3. The summed E-state index contributed by atoms with van der Waals surface area (Å²) in [7, 11) is 0. The summed E-state index contributed by atoms with van der Waals surface area (Å²) < 4.78 is 47.9. The van der Waals surface area contributed by atoms with E-state index in [9.17, 15) is 18.0 Å². The van der Waals surface area contributed by atoms with Gasteiger partial charge in [-0.25, -0.2) is 0 Å². The highest BCUT2D eigenvalue weighted by Crippen LogP contribution is 2.34. The number of ketones is 1. The molecule has 7 heteroatoms. The van der Waals surface area contributed by atoms with Crippen LogP contribution in [0.25, 0.3) is 0 Å². The number of hydrogen-bond acceptors (Lipinski definition) is 4. The summed E-state index contributed by atoms with van der Waals surface area (Å²) in [6.07, 6.45) is -5.06. The van der Waals surface area contributed by atoms with Crippen LogP contribution in [0.5, 0.6) is 11.5 Å². The van der Waals surface area contributed by atoms with E-state index < -0.39 is 17.9 Å². The van der Waals surface area contributed by atoms with E-state index in [1.54, 1.807) is 13.8 Å². The van der Waals surface area contributed by atoms with Crippen LogP contribution in [-0.2, 0) is 4.79 Å². The molecule has 114 valence electrons. The van der Waals surface area contributed by atoms with Gasteiger partial charge in [0.1, 0.15) is 5.92 Å². The Labute approximate surface area is 120 Å². The minimum absolute atomic E-state index is 0.0771. The van der Waals surface area contributed by atoms with E-state index in [4.69, 9.17) is 14.7 Å². The standard InChI is InChI=1S/C14H14F3NO3/c1-3-20-11-6-5-9(7-12(11)21-4-2)10(8-18)13(19)14(15,16)17/h5-7,10H,3-4H2,1-2H3. The Morgan fingerprint density at radius 1 is 1.24 bits per heavy atom. The molecule has 0 aromatic heterocycles. The molecule has 1 atom stereocenters. The summed E-state index contributed by atoms with van der Waals surface area (Å²) in [6, 6.07) is 5.25. The molecule has 0 heterocycles. The second-order valence-corrected chi connectivity index (χ2v) is 4.00. The Hall–Kier alpha value is -2.23. The number of carbonyl (C=O) groups excluding carboxylic acids is 1. The smallest absolute Gasteiger partial charge is 0.451 e. The number of carbonyl (C=O) groups is 1. The SMILES string of the molecule is CCOc1ccc(C(C#N)C(=O)C(F)(F)F)cc1OCC. The van der Waals surface area contributed by atoms with Gasteiger partial charge in [0.05, 0.1) is 19.3 Å². The zero-order valence-corrected chi connectivity index (χ0v) is 11.5. The fourth-order valence-corrected chi connectivity index (χ4v) is 1.70. The van der Waals surface area contributed by atoms with Crippen molar-refractivity contribution in [3.63, 3.8) is 0 Å². The normalized spacial score (nSPS) is 12.4. The number of Topliss-reactive ketones (excluding diaryl/α,β-unsaturated/α-hetero) is 1. The maximum atomic E-state index is 12.5. The van der Waals surface area contributed by atoms with Crippen LogP contribution in [0.3, 0.4) is 0 Å². The zero-order valence-electron chi connectivity index (χ0n) is 11.5. The van der Waals surface area contributed by atoms with Crippen LogP contribution in [0.4, 0.5) is 13.2 Å². The molecule has 0 aliphatic heterocycles. The molecule has 21 heavy (non-hydrogen) atoms. The van der Waals surface area contributed by atoms with Crippen LogP contribution >= 0.6 is 0 Å². The topological polar surface area (TPSA) is 59.3 Å². The van der Waals surface area contributed by atoms with E-state index >= 15 is 0 Å². The molecule has 1 unspecified atom stereocenters. The molecule has 4 nitrogen and oxygen atoms in total. The van der Waals surface area contributed by atoms with Crippen LogP contribution in [0.15, 0.2) is 18.2 Å². The number of rotatable bonds is 6. The van der Waals surface area contributed by atoms with Gasteiger partial charge in [0, 0.05) is 0 Å². The Morgan fingerprint density at radius 2 is 1.81 bits per heavy atom. The minimum Gasteiger partial charge on any atom is -0.490 e. The monoisotopic (exact) mass is 301 g/mol. The lowest BCUT2D eigenvalue weighted by molar-refractivity contribution is -0.171. The molecule has 0 bridgehead atoms. The summed E-state index contributed by atoms with van der Waals surface area (Å²) in [6.45, 7) is 4.07. The van der Waals surface area contributed by atoms with Gasteiger partial charge in [-0.05, 0) is 31.5 Å². The number of nitrogens with zero attached hydrogens (tertiary/aromatic N) is 1. The third-order valence-corrected chi connectivity index (χ3v) is 2.57. The summed E-state index contributed by atoms with van der Waals surface area (Å²) >= 11 is 0. The van der Waals surface area contributed by atoms with E-state index in [1.165, 1.54) is 24.3 Å². The molecule has 0 aliphatic rings. The molecule has 0 radical (unpaired) electrons. The average Bonchev–Trinajstić information content (AvgIpc) is 2.41. The van der Waals surface area contributed by atoms with Crippen molar-refractivity contribution in [2.24, 2.45) is 0 Å². The Morgan fingerprint density at radius 3 is 2.29 bits per heavy atom. The predicted octanol–water partition coefficient (Wildman–Crippen LogP) is 3.22. The molecule has 1 rings (SSSR count). The average molecular weight is 301 g/mol. The van der Waals surface area contributed by atoms with E-state index in [0.29, 0.717) is 12.4 Å². The van der Waals surface area contributed by atoms with Gasteiger partial charge in [-0.3, -0.25) is 4.79 Å². The van der Waals surface area contributed by atoms with E-state index in [-0.39, 0.29) is 17.9 Å². The highest BCUT2D eigenvalue weighted by Gasteiger charge is 2.44. The molecular formula is C14H14F3NO3. The third kappa shape index (κ3) is 4.12. The predicted molar refractivity (Wildman–Crippen MR) is 68.2 cm³/mol. The van der Waals surface area contributed by atoms with Crippen LogP contribution in [0, 0.1) is 11.3 Å². The fraction of sp³-hybridized carbons (Fsp3) is 0.429. The van der Waals surface area contributed by atoms with Crippen molar-refractivity contribution in [2.45, 2.75) is 25.9 Å². The van der Waals surface area contributed by atoms with Crippen molar-refractivity contribution >= 4 is 5.78 Å². The maximum absolute atomic E-state index is 12.5. The van der Waals surface area contributed by atoms with Gasteiger partial charge in [0.2, 0.25) is 0 Å². The van der Waals surface area contributed by atoms with Crippen molar-refractivity contribution in [3.8, 4) is 17.6 Å². The van der Waals surface area contributed by atoms with Gasteiger partial charge >= 0.3 is 6.18 Å². The first-order valence-corrected chi connectivity index (χ1v) is 6.25. The van der Waals surface area contributed by atoms with Crippen molar-refractivity contribution in [3.05, 3.63) is 23.8 Å². The lowest BCUT2D eigenvalue weighted by Crippen LogP contribution is -2.28. The fourth-order valence-electron chi connectivity index (χ4n) is 1.70. The number of nitriles is 1. The highest BCUT2D eigenvalue weighted by molar-refractivity contribution is 5.93. The minimum atomic E-state index is -5.06. The molecular weight excluding hydrogens is 287 g/mol. The number of alkyl halides is 3. The molecule has 0 N–H and O–H groups in total. The zero-order chi connectivity index (χ0) is 16.0. The summed E-state index contributed by atoms with van der Waals surface area (Å²) in [5.74, 6) is -3.47.